The van der Waals surface area contributed by atoms with Crippen molar-refractivity contribution >= 4 is 46.1 Å². The minimum Gasteiger partial charge on any atom is -0.326 e. The quantitative estimate of drug-likeness (QED) is 0.457. The van der Waals surface area contributed by atoms with E-state index in [1.165, 1.54) is 29.3 Å². The SMILES string of the molecule is CCC(=O)N(c1ccn2nccc2c1)c1cc(NC(=O)Cc2ccc(F)cc2Cl)ccn1. The molecule has 3 aromatic heterocycles. The van der Waals surface area contributed by atoms with Crippen molar-refractivity contribution in [3.05, 3.63) is 83.5 Å². The van der Waals surface area contributed by atoms with Crippen molar-refractivity contribution in [3.63, 3.8) is 0 Å². The van der Waals surface area contributed by atoms with Gasteiger partial charge in [0.15, 0.2) is 0 Å². The fourth-order valence-electron chi connectivity index (χ4n) is 3.27. The maximum atomic E-state index is 13.2. The third-order valence-electron chi connectivity index (χ3n) is 4.82. The van der Waals surface area contributed by atoms with Crippen LogP contribution in [0.25, 0.3) is 5.52 Å². The average molecular weight is 452 g/mol. The first-order valence-electron chi connectivity index (χ1n) is 9.91. The molecule has 1 aromatic carbocycles. The van der Waals surface area contributed by atoms with E-state index in [2.05, 4.69) is 15.4 Å². The number of amides is 2. The van der Waals surface area contributed by atoms with Gasteiger partial charge in [0, 0.05) is 41.8 Å². The second kappa shape index (κ2) is 9.15. The van der Waals surface area contributed by atoms with E-state index in [4.69, 9.17) is 11.6 Å². The summed E-state index contributed by atoms with van der Waals surface area (Å²) in [6.45, 7) is 1.77. The Morgan fingerprint density at radius 3 is 2.75 bits per heavy atom. The minimum atomic E-state index is -0.465. The molecule has 0 fully saturated rings. The number of aromatic nitrogens is 3. The standard InChI is InChI=1S/C23H19ClFN5O2/c1-2-23(32)30(19-7-10-29-18(14-19)6-9-27-29)21-13-17(5-8-26-21)28-22(31)11-15-3-4-16(25)12-20(15)24/h3-10,12-14H,2,11H2,1H3,(H,26,28,31). The van der Waals surface area contributed by atoms with Crippen LogP contribution < -0.4 is 10.2 Å². The zero-order valence-electron chi connectivity index (χ0n) is 17.1. The number of anilines is 3. The fraction of sp³-hybridized carbons (Fsp3) is 0.130. The van der Waals surface area contributed by atoms with Crippen molar-refractivity contribution in [2.45, 2.75) is 19.8 Å². The Kier molecular flexibility index (Phi) is 6.13. The molecule has 0 aliphatic rings. The summed E-state index contributed by atoms with van der Waals surface area (Å²) in [6.07, 6.45) is 5.20. The first kappa shape index (κ1) is 21.5. The van der Waals surface area contributed by atoms with E-state index >= 15 is 0 Å². The van der Waals surface area contributed by atoms with Crippen LogP contribution in [-0.4, -0.2) is 26.4 Å². The molecule has 0 radical (unpaired) electrons. The Hall–Kier alpha value is -3.78. The highest BCUT2D eigenvalue weighted by atomic mass is 35.5. The molecule has 4 rings (SSSR count). The lowest BCUT2D eigenvalue weighted by atomic mass is 10.1. The van der Waals surface area contributed by atoms with Crippen LogP contribution in [-0.2, 0) is 16.0 Å². The summed E-state index contributed by atoms with van der Waals surface area (Å²) >= 11 is 6.01. The van der Waals surface area contributed by atoms with Crippen LogP contribution in [0, 0.1) is 5.82 Å². The number of nitrogens with zero attached hydrogens (tertiary/aromatic N) is 4. The van der Waals surface area contributed by atoms with Gasteiger partial charge in [-0.25, -0.2) is 13.9 Å². The van der Waals surface area contributed by atoms with Gasteiger partial charge in [-0.05, 0) is 42.0 Å². The van der Waals surface area contributed by atoms with Gasteiger partial charge in [-0.1, -0.05) is 24.6 Å². The first-order chi connectivity index (χ1) is 15.4. The summed E-state index contributed by atoms with van der Waals surface area (Å²) in [4.78, 5) is 31.1. The topological polar surface area (TPSA) is 79.6 Å². The highest BCUT2D eigenvalue weighted by molar-refractivity contribution is 6.31. The third-order valence-corrected chi connectivity index (χ3v) is 5.17. The van der Waals surface area contributed by atoms with Gasteiger partial charge in [0.05, 0.1) is 17.6 Å². The van der Waals surface area contributed by atoms with E-state index in [1.807, 2.05) is 12.1 Å². The molecule has 32 heavy (non-hydrogen) atoms. The molecule has 0 bridgehead atoms. The lowest BCUT2D eigenvalue weighted by Gasteiger charge is -2.22. The molecule has 162 valence electrons. The van der Waals surface area contributed by atoms with Gasteiger partial charge in [0.2, 0.25) is 11.8 Å². The van der Waals surface area contributed by atoms with Crippen LogP contribution in [0.5, 0.6) is 0 Å². The van der Waals surface area contributed by atoms with Crippen molar-refractivity contribution in [2.24, 2.45) is 0 Å². The lowest BCUT2D eigenvalue weighted by molar-refractivity contribution is -0.117. The third kappa shape index (κ3) is 4.60. The maximum Gasteiger partial charge on any atom is 0.232 e. The fourth-order valence-corrected chi connectivity index (χ4v) is 3.51. The van der Waals surface area contributed by atoms with Crippen molar-refractivity contribution in [1.29, 1.82) is 0 Å². The number of hydrogen-bond acceptors (Lipinski definition) is 4. The minimum absolute atomic E-state index is 0.0216. The van der Waals surface area contributed by atoms with Crippen molar-refractivity contribution < 1.29 is 14.0 Å². The van der Waals surface area contributed by atoms with Crippen LogP contribution in [0.15, 0.2) is 67.1 Å². The number of carbonyl (C=O) groups excluding carboxylic acids is 2. The number of hydrogen-bond donors (Lipinski definition) is 1. The monoisotopic (exact) mass is 451 g/mol. The van der Waals surface area contributed by atoms with Crippen molar-refractivity contribution in [2.75, 3.05) is 10.2 Å². The molecular formula is C23H19ClFN5O2. The number of benzene rings is 1. The van der Waals surface area contributed by atoms with Crippen LogP contribution in [0.3, 0.4) is 0 Å². The van der Waals surface area contributed by atoms with Crippen LogP contribution in [0.1, 0.15) is 18.9 Å². The van der Waals surface area contributed by atoms with Gasteiger partial charge >= 0.3 is 0 Å². The van der Waals surface area contributed by atoms with Crippen LogP contribution in [0.2, 0.25) is 5.02 Å². The molecule has 0 saturated heterocycles. The zero-order chi connectivity index (χ0) is 22.7. The highest BCUT2D eigenvalue weighted by Gasteiger charge is 2.19. The van der Waals surface area contributed by atoms with Gasteiger partial charge < -0.3 is 5.32 Å². The maximum absolute atomic E-state index is 13.2. The van der Waals surface area contributed by atoms with E-state index in [0.29, 0.717) is 22.8 Å². The molecule has 0 unspecified atom stereocenters. The predicted octanol–water partition coefficient (Wildman–Crippen LogP) is 4.78. The molecule has 0 aliphatic heterocycles. The second-order valence-electron chi connectivity index (χ2n) is 7.03. The number of fused-ring (bicyclic) bond motifs is 1. The smallest absolute Gasteiger partial charge is 0.232 e. The normalized spacial score (nSPS) is 10.8. The summed E-state index contributed by atoms with van der Waals surface area (Å²) < 4.78 is 14.9. The van der Waals surface area contributed by atoms with Gasteiger partial charge in [-0.2, -0.15) is 5.10 Å². The predicted molar refractivity (Wildman–Crippen MR) is 121 cm³/mol. The molecular weight excluding hydrogens is 433 g/mol. The molecule has 0 spiro atoms. The molecule has 3 heterocycles. The second-order valence-corrected chi connectivity index (χ2v) is 7.44. The van der Waals surface area contributed by atoms with Crippen LogP contribution in [0.4, 0.5) is 21.6 Å². The summed E-state index contributed by atoms with van der Waals surface area (Å²) in [7, 11) is 0. The Labute approximate surface area is 188 Å². The van der Waals surface area contributed by atoms with E-state index in [0.717, 1.165) is 5.52 Å². The zero-order valence-corrected chi connectivity index (χ0v) is 17.9. The summed E-state index contributed by atoms with van der Waals surface area (Å²) in [5.41, 5.74) is 2.45. The number of pyridine rings is 2. The molecule has 7 nitrogen and oxygen atoms in total. The number of rotatable bonds is 6. The molecule has 0 aliphatic carbocycles. The van der Waals surface area contributed by atoms with Gasteiger partial charge in [0.1, 0.15) is 11.6 Å². The van der Waals surface area contributed by atoms with E-state index < -0.39 is 5.82 Å². The Morgan fingerprint density at radius 1 is 1.12 bits per heavy atom. The number of nitrogens with one attached hydrogen (secondary N) is 1. The molecule has 0 atom stereocenters. The highest BCUT2D eigenvalue weighted by Crippen LogP contribution is 2.28. The molecule has 9 heteroatoms. The molecule has 1 N–H and O–H groups in total. The Bertz CT molecular complexity index is 1310. The Morgan fingerprint density at radius 2 is 1.97 bits per heavy atom. The summed E-state index contributed by atoms with van der Waals surface area (Å²) in [5.74, 6) is -0.571. The van der Waals surface area contributed by atoms with Gasteiger partial charge in [0.25, 0.3) is 0 Å². The van der Waals surface area contributed by atoms with E-state index in [1.54, 1.807) is 42.0 Å². The summed E-state index contributed by atoms with van der Waals surface area (Å²) in [6, 6.07) is 12.6. The molecule has 0 saturated carbocycles. The first-order valence-corrected chi connectivity index (χ1v) is 10.3. The number of halogens is 2. The van der Waals surface area contributed by atoms with Crippen molar-refractivity contribution in [1.82, 2.24) is 14.6 Å². The van der Waals surface area contributed by atoms with Gasteiger partial charge in [-0.3, -0.25) is 14.5 Å². The van der Waals surface area contributed by atoms with E-state index in [9.17, 15) is 14.0 Å². The number of carbonyl (C=O) groups is 2. The summed E-state index contributed by atoms with van der Waals surface area (Å²) in [5, 5.41) is 7.13. The lowest BCUT2D eigenvalue weighted by Crippen LogP contribution is -2.26. The largest absolute Gasteiger partial charge is 0.326 e. The molecule has 4 aromatic rings. The van der Waals surface area contributed by atoms with E-state index in [-0.39, 0.29) is 29.7 Å². The van der Waals surface area contributed by atoms with Crippen molar-refractivity contribution in [3.8, 4) is 0 Å². The molecule has 2 amide bonds. The van der Waals surface area contributed by atoms with Crippen LogP contribution >= 0.6 is 11.6 Å². The van der Waals surface area contributed by atoms with Gasteiger partial charge in [-0.15, -0.1) is 0 Å². The Balaban J connectivity index is 1.59. The average Bonchev–Trinajstić information content (AvgIpc) is 3.24.